The Hall–Kier alpha value is -0.0200. The lowest BCUT2D eigenvalue weighted by Crippen LogP contribution is -1.91. The normalized spacial score (nSPS) is 12.8. The molecule has 4 heteroatoms. The Balaban J connectivity index is 2.33. The van der Waals surface area contributed by atoms with Crippen LogP contribution in [0.1, 0.15) is 21.4 Å². The zero-order valence-corrected chi connectivity index (χ0v) is 12.4. The van der Waals surface area contributed by atoms with Gasteiger partial charge < -0.3 is 0 Å². The van der Waals surface area contributed by atoms with Crippen LogP contribution in [0.2, 0.25) is 4.34 Å². The summed E-state index contributed by atoms with van der Waals surface area (Å²) in [6.07, 6.45) is 0. The van der Waals surface area contributed by atoms with Crippen molar-refractivity contribution in [2.45, 2.75) is 12.3 Å². The van der Waals surface area contributed by atoms with E-state index in [2.05, 4.69) is 28.9 Å². The summed E-state index contributed by atoms with van der Waals surface area (Å²) in [5.41, 5.74) is 2.28. The molecule has 0 nitrogen and oxygen atoms in total. The smallest absolute Gasteiger partial charge is 0.0931 e. The van der Waals surface area contributed by atoms with Crippen molar-refractivity contribution < 1.29 is 0 Å². The third-order valence-electron chi connectivity index (χ3n) is 2.32. The molecule has 2 rings (SSSR count). The fourth-order valence-corrected chi connectivity index (χ4v) is 3.11. The van der Waals surface area contributed by atoms with Gasteiger partial charge in [-0.2, -0.15) is 0 Å². The first-order valence-corrected chi connectivity index (χ1v) is 7.15. The minimum absolute atomic E-state index is 0.121. The van der Waals surface area contributed by atoms with Crippen LogP contribution in [0.3, 0.4) is 0 Å². The molecule has 1 atom stereocenters. The SMILES string of the molecule is Cc1cc(C(Cl)c2ccc(Cl)s2)ccc1Br. The highest BCUT2D eigenvalue weighted by Crippen LogP contribution is 2.36. The van der Waals surface area contributed by atoms with Gasteiger partial charge in [-0.05, 0) is 36.2 Å². The number of alkyl halides is 1. The van der Waals surface area contributed by atoms with Crippen LogP contribution in [0, 0.1) is 6.92 Å². The molecule has 0 fully saturated rings. The average molecular weight is 336 g/mol. The van der Waals surface area contributed by atoms with Gasteiger partial charge in [0.1, 0.15) is 0 Å². The van der Waals surface area contributed by atoms with E-state index < -0.39 is 0 Å². The van der Waals surface area contributed by atoms with E-state index >= 15 is 0 Å². The van der Waals surface area contributed by atoms with E-state index in [1.54, 1.807) is 0 Å². The fourth-order valence-electron chi connectivity index (χ4n) is 1.45. The summed E-state index contributed by atoms with van der Waals surface area (Å²) in [6.45, 7) is 2.05. The minimum atomic E-state index is -0.121. The lowest BCUT2D eigenvalue weighted by molar-refractivity contribution is 1.17. The van der Waals surface area contributed by atoms with E-state index in [1.165, 1.54) is 16.9 Å². The summed E-state index contributed by atoms with van der Waals surface area (Å²) in [6, 6.07) is 10.00. The van der Waals surface area contributed by atoms with Crippen molar-refractivity contribution in [2.75, 3.05) is 0 Å². The molecule has 2 aromatic rings. The second-order valence-electron chi connectivity index (χ2n) is 3.51. The molecule has 0 N–H and O–H groups in total. The average Bonchev–Trinajstić information content (AvgIpc) is 2.68. The Labute approximate surface area is 117 Å². The van der Waals surface area contributed by atoms with Crippen molar-refractivity contribution in [1.29, 1.82) is 0 Å². The molecule has 0 bridgehead atoms. The molecule has 0 saturated carbocycles. The molecule has 0 aliphatic carbocycles. The van der Waals surface area contributed by atoms with Gasteiger partial charge >= 0.3 is 0 Å². The topological polar surface area (TPSA) is 0 Å². The van der Waals surface area contributed by atoms with Crippen LogP contribution in [0.25, 0.3) is 0 Å². The number of aryl methyl sites for hydroxylation is 1. The van der Waals surface area contributed by atoms with Crippen molar-refractivity contribution in [3.8, 4) is 0 Å². The lowest BCUT2D eigenvalue weighted by Gasteiger charge is -2.09. The predicted molar refractivity (Wildman–Crippen MR) is 75.9 cm³/mol. The quantitative estimate of drug-likeness (QED) is 0.608. The monoisotopic (exact) mass is 334 g/mol. The van der Waals surface area contributed by atoms with E-state index in [4.69, 9.17) is 23.2 Å². The van der Waals surface area contributed by atoms with Crippen molar-refractivity contribution in [3.63, 3.8) is 0 Å². The third kappa shape index (κ3) is 2.62. The third-order valence-corrected chi connectivity index (χ3v) is 5.12. The molecule has 0 spiro atoms. The van der Waals surface area contributed by atoms with Gasteiger partial charge in [-0.15, -0.1) is 22.9 Å². The largest absolute Gasteiger partial charge is 0.127 e. The van der Waals surface area contributed by atoms with Crippen molar-refractivity contribution in [2.24, 2.45) is 0 Å². The Morgan fingerprint density at radius 3 is 2.56 bits per heavy atom. The molecule has 0 amide bonds. The summed E-state index contributed by atoms with van der Waals surface area (Å²) in [4.78, 5) is 1.08. The highest BCUT2D eigenvalue weighted by molar-refractivity contribution is 9.10. The van der Waals surface area contributed by atoms with E-state index in [0.717, 1.165) is 19.2 Å². The molecule has 1 unspecified atom stereocenters. The van der Waals surface area contributed by atoms with Crippen LogP contribution in [0.4, 0.5) is 0 Å². The maximum Gasteiger partial charge on any atom is 0.0931 e. The Kier molecular flexibility index (Phi) is 3.96. The van der Waals surface area contributed by atoms with Gasteiger partial charge in [0.15, 0.2) is 0 Å². The van der Waals surface area contributed by atoms with Crippen LogP contribution in [-0.2, 0) is 0 Å². The zero-order valence-electron chi connectivity index (χ0n) is 8.51. The molecule has 16 heavy (non-hydrogen) atoms. The summed E-state index contributed by atoms with van der Waals surface area (Å²) in [5, 5.41) is -0.121. The van der Waals surface area contributed by atoms with Gasteiger partial charge in [0, 0.05) is 9.35 Å². The van der Waals surface area contributed by atoms with Crippen molar-refractivity contribution in [1.82, 2.24) is 0 Å². The molecule has 84 valence electrons. The van der Waals surface area contributed by atoms with Crippen molar-refractivity contribution >= 4 is 50.5 Å². The number of rotatable bonds is 2. The lowest BCUT2D eigenvalue weighted by atomic mass is 10.1. The van der Waals surface area contributed by atoms with Crippen LogP contribution >= 0.6 is 50.5 Å². The number of halogens is 3. The molecule has 1 aromatic heterocycles. The highest BCUT2D eigenvalue weighted by Gasteiger charge is 2.13. The van der Waals surface area contributed by atoms with Gasteiger partial charge in [-0.3, -0.25) is 0 Å². The van der Waals surface area contributed by atoms with Crippen LogP contribution in [0.5, 0.6) is 0 Å². The standard InChI is InChI=1S/C12H9BrCl2S/c1-7-6-8(2-3-9(7)13)12(15)10-4-5-11(14)16-10/h2-6,12H,1H3. The zero-order chi connectivity index (χ0) is 11.7. The van der Waals surface area contributed by atoms with Gasteiger partial charge in [-0.1, -0.05) is 39.7 Å². The Morgan fingerprint density at radius 1 is 1.25 bits per heavy atom. The molecule has 0 radical (unpaired) electrons. The molecular formula is C12H9BrCl2S. The summed E-state index contributed by atoms with van der Waals surface area (Å²) >= 11 is 17.3. The molecule has 0 aliphatic heterocycles. The highest BCUT2D eigenvalue weighted by atomic mass is 79.9. The Morgan fingerprint density at radius 2 is 2.00 bits per heavy atom. The minimum Gasteiger partial charge on any atom is -0.127 e. The van der Waals surface area contributed by atoms with E-state index in [1.807, 2.05) is 24.3 Å². The van der Waals surface area contributed by atoms with Crippen molar-refractivity contribution in [3.05, 3.63) is 55.1 Å². The number of hydrogen-bond donors (Lipinski definition) is 0. The Bertz CT molecular complexity index is 507. The second-order valence-corrected chi connectivity index (χ2v) is 6.55. The van der Waals surface area contributed by atoms with Crippen LogP contribution in [0.15, 0.2) is 34.8 Å². The van der Waals surface area contributed by atoms with E-state index in [9.17, 15) is 0 Å². The summed E-state index contributed by atoms with van der Waals surface area (Å²) in [7, 11) is 0. The van der Waals surface area contributed by atoms with Gasteiger partial charge in [0.2, 0.25) is 0 Å². The number of benzene rings is 1. The predicted octanol–water partition coefficient (Wildman–Crippen LogP) is 5.80. The van der Waals surface area contributed by atoms with Gasteiger partial charge in [-0.25, -0.2) is 0 Å². The maximum atomic E-state index is 6.41. The fraction of sp³-hybridized carbons (Fsp3) is 0.167. The molecule has 1 aromatic carbocycles. The van der Waals surface area contributed by atoms with E-state index in [0.29, 0.717) is 0 Å². The first-order chi connectivity index (χ1) is 7.58. The summed E-state index contributed by atoms with van der Waals surface area (Å²) < 4.78 is 1.87. The first kappa shape index (κ1) is 12.4. The molecular weight excluding hydrogens is 327 g/mol. The second kappa shape index (κ2) is 5.09. The maximum absolute atomic E-state index is 6.41. The number of thiophene rings is 1. The van der Waals surface area contributed by atoms with Gasteiger partial charge in [0.05, 0.1) is 9.71 Å². The van der Waals surface area contributed by atoms with E-state index in [-0.39, 0.29) is 5.38 Å². The summed E-state index contributed by atoms with van der Waals surface area (Å²) in [5.74, 6) is 0. The first-order valence-electron chi connectivity index (χ1n) is 4.73. The van der Waals surface area contributed by atoms with Crippen LogP contribution in [-0.4, -0.2) is 0 Å². The molecule has 0 aliphatic rings. The molecule has 0 saturated heterocycles. The van der Waals surface area contributed by atoms with Crippen LogP contribution < -0.4 is 0 Å². The number of hydrogen-bond acceptors (Lipinski definition) is 1. The van der Waals surface area contributed by atoms with Gasteiger partial charge in [0.25, 0.3) is 0 Å². The molecule has 1 heterocycles.